The van der Waals surface area contributed by atoms with Crippen molar-refractivity contribution in [2.24, 2.45) is 0 Å². The molecule has 0 heterocycles. The largest absolute Gasteiger partial charge is 0.489 e. The minimum Gasteiger partial charge on any atom is -0.489 e. The van der Waals surface area contributed by atoms with Crippen LogP contribution in [-0.2, 0) is 0 Å². The highest BCUT2D eigenvalue weighted by molar-refractivity contribution is 9.10. The van der Waals surface area contributed by atoms with E-state index >= 15 is 0 Å². The Morgan fingerprint density at radius 2 is 1.76 bits per heavy atom. The van der Waals surface area contributed by atoms with Crippen LogP contribution in [0.25, 0.3) is 0 Å². The molecular formula is C18H22BrNO. The van der Waals surface area contributed by atoms with Gasteiger partial charge in [0.15, 0.2) is 0 Å². The summed E-state index contributed by atoms with van der Waals surface area (Å²) in [5, 5.41) is 3.39. The summed E-state index contributed by atoms with van der Waals surface area (Å²) in [6.45, 7) is 7.22. The molecule has 0 spiro atoms. The van der Waals surface area contributed by atoms with E-state index in [0.29, 0.717) is 5.92 Å². The molecule has 1 unspecified atom stereocenters. The molecule has 0 radical (unpaired) electrons. The smallest absolute Gasteiger partial charge is 0.123 e. The molecule has 112 valence electrons. The predicted octanol–water partition coefficient (Wildman–Crippen LogP) is 5.45. The Hall–Kier alpha value is -1.48. The van der Waals surface area contributed by atoms with Gasteiger partial charge >= 0.3 is 0 Å². The van der Waals surface area contributed by atoms with Gasteiger partial charge in [-0.15, -0.1) is 0 Å². The van der Waals surface area contributed by atoms with Gasteiger partial charge in [0.05, 0.1) is 6.54 Å². The molecule has 0 saturated carbocycles. The first-order valence-corrected chi connectivity index (χ1v) is 8.10. The number of benzene rings is 2. The normalized spacial score (nSPS) is 12.2. The Kier molecular flexibility index (Phi) is 5.68. The molecule has 0 aliphatic carbocycles. The van der Waals surface area contributed by atoms with Crippen molar-refractivity contribution in [3.05, 3.63) is 58.6 Å². The third-order valence-electron chi connectivity index (χ3n) is 3.29. The van der Waals surface area contributed by atoms with Gasteiger partial charge in [0.25, 0.3) is 0 Å². The molecule has 0 aliphatic rings. The topological polar surface area (TPSA) is 21.3 Å². The second-order valence-electron chi connectivity index (χ2n) is 5.51. The van der Waals surface area contributed by atoms with Crippen molar-refractivity contribution in [2.75, 3.05) is 11.9 Å². The monoisotopic (exact) mass is 347 g/mol. The van der Waals surface area contributed by atoms with Gasteiger partial charge in [-0.05, 0) is 48.7 Å². The molecule has 1 N–H and O–H groups in total. The van der Waals surface area contributed by atoms with E-state index in [2.05, 4.69) is 60.2 Å². The molecule has 21 heavy (non-hydrogen) atoms. The molecule has 2 rings (SSSR count). The maximum absolute atomic E-state index is 6.10. The van der Waals surface area contributed by atoms with Crippen molar-refractivity contribution in [3.63, 3.8) is 0 Å². The summed E-state index contributed by atoms with van der Waals surface area (Å²) in [5.41, 5.74) is 2.35. The van der Waals surface area contributed by atoms with Crippen LogP contribution >= 0.6 is 15.9 Å². The number of rotatable bonds is 6. The molecule has 2 aromatic carbocycles. The van der Waals surface area contributed by atoms with Crippen molar-refractivity contribution in [2.45, 2.75) is 32.8 Å². The lowest BCUT2D eigenvalue weighted by Gasteiger charge is -2.20. The van der Waals surface area contributed by atoms with Gasteiger partial charge < -0.3 is 10.1 Å². The number of para-hydroxylation sites is 1. The van der Waals surface area contributed by atoms with Gasteiger partial charge in [-0.2, -0.15) is 0 Å². The third kappa shape index (κ3) is 4.78. The number of nitrogens with one attached hydrogen (secondary N) is 1. The standard InChI is InChI=1S/C18H22BrNO/c1-13(2)17-11-15(19)9-10-18(17)21-14(3)12-20-16-7-5-4-6-8-16/h4-11,13-14,20H,12H2,1-3H3. The van der Waals surface area contributed by atoms with Crippen LogP contribution in [0.2, 0.25) is 0 Å². The van der Waals surface area contributed by atoms with E-state index in [1.807, 2.05) is 30.3 Å². The molecule has 0 aliphatic heterocycles. The summed E-state index contributed by atoms with van der Waals surface area (Å²) in [6.07, 6.45) is 0.101. The highest BCUT2D eigenvalue weighted by Crippen LogP contribution is 2.30. The molecule has 0 bridgehead atoms. The Bertz CT molecular complexity index is 569. The lowest BCUT2D eigenvalue weighted by molar-refractivity contribution is 0.231. The number of hydrogen-bond acceptors (Lipinski definition) is 2. The second-order valence-corrected chi connectivity index (χ2v) is 6.43. The molecule has 2 nitrogen and oxygen atoms in total. The zero-order valence-corrected chi connectivity index (χ0v) is 14.4. The number of ether oxygens (including phenoxy) is 1. The van der Waals surface area contributed by atoms with E-state index in [4.69, 9.17) is 4.74 Å². The van der Waals surface area contributed by atoms with Crippen molar-refractivity contribution in [1.82, 2.24) is 0 Å². The zero-order chi connectivity index (χ0) is 15.2. The van der Waals surface area contributed by atoms with Crippen LogP contribution in [0.4, 0.5) is 5.69 Å². The predicted molar refractivity (Wildman–Crippen MR) is 93.3 cm³/mol. The summed E-state index contributed by atoms with van der Waals surface area (Å²) in [7, 11) is 0. The quantitative estimate of drug-likeness (QED) is 0.749. The molecule has 0 amide bonds. The highest BCUT2D eigenvalue weighted by atomic mass is 79.9. The first kappa shape index (κ1) is 15.9. The van der Waals surface area contributed by atoms with Gasteiger partial charge in [0.1, 0.15) is 11.9 Å². The van der Waals surface area contributed by atoms with Gasteiger partial charge in [0, 0.05) is 10.2 Å². The van der Waals surface area contributed by atoms with Crippen LogP contribution in [0.3, 0.4) is 0 Å². The second kappa shape index (κ2) is 7.51. The SMILES string of the molecule is CC(CNc1ccccc1)Oc1ccc(Br)cc1C(C)C. The van der Waals surface area contributed by atoms with Crippen LogP contribution < -0.4 is 10.1 Å². The van der Waals surface area contributed by atoms with E-state index in [9.17, 15) is 0 Å². The van der Waals surface area contributed by atoms with Gasteiger partial charge in [-0.1, -0.05) is 48.0 Å². The minimum atomic E-state index is 0.101. The summed E-state index contributed by atoms with van der Waals surface area (Å²) in [6, 6.07) is 16.4. The molecule has 0 aromatic heterocycles. The lowest BCUT2D eigenvalue weighted by atomic mass is 10.0. The summed E-state index contributed by atoms with van der Waals surface area (Å²) < 4.78 is 7.19. The van der Waals surface area contributed by atoms with Crippen molar-refractivity contribution < 1.29 is 4.74 Å². The molecule has 0 saturated heterocycles. The van der Waals surface area contributed by atoms with Crippen molar-refractivity contribution in [1.29, 1.82) is 0 Å². The fourth-order valence-corrected chi connectivity index (χ4v) is 2.53. The van der Waals surface area contributed by atoms with Crippen LogP contribution in [-0.4, -0.2) is 12.6 Å². The number of anilines is 1. The average molecular weight is 348 g/mol. The van der Waals surface area contributed by atoms with Crippen LogP contribution in [0, 0.1) is 0 Å². The van der Waals surface area contributed by atoms with E-state index in [1.165, 1.54) is 5.56 Å². The van der Waals surface area contributed by atoms with Gasteiger partial charge in [0.2, 0.25) is 0 Å². The minimum absolute atomic E-state index is 0.101. The Balaban J connectivity index is 1.98. The molecule has 1 atom stereocenters. The Morgan fingerprint density at radius 1 is 1.05 bits per heavy atom. The number of halogens is 1. The van der Waals surface area contributed by atoms with Crippen molar-refractivity contribution in [3.8, 4) is 5.75 Å². The van der Waals surface area contributed by atoms with E-state index in [-0.39, 0.29) is 6.10 Å². The van der Waals surface area contributed by atoms with Gasteiger partial charge in [-0.3, -0.25) is 0 Å². The first-order chi connectivity index (χ1) is 10.1. The Morgan fingerprint density at radius 3 is 2.43 bits per heavy atom. The molecule has 0 fully saturated rings. The summed E-state index contributed by atoms with van der Waals surface area (Å²) in [4.78, 5) is 0. The van der Waals surface area contributed by atoms with Crippen LogP contribution in [0.5, 0.6) is 5.75 Å². The van der Waals surface area contributed by atoms with Gasteiger partial charge in [-0.25, -0.2) is 0 Å². The molecule has 2 aromatic rings. The van der Waals surface area contributed by atoms with E-state index in [0.717, 1.165) is 22.5 Å². The van der Waals surface area contributed by atoms with Crippen molar-refractivity contribution >= 4 is 21.6 Å². The maximum atomic E-state index is 6.10. The zero-order valence-electron chi connectivity index (χ0n) is 12.8. The fourth-order valence-electron chi connectivity index (χ4n) is 2.15. The molecular weight excluding hydrogens is 326 g/mol. The summed E-state index contributed by atoms with van der Waals surface area (Å²) >= 11 is 3.52. The van der Waals surface area contributed by atoms with E-state index in [1.54, 1.807) is 0 Å². The maximum Gasteiger partial charge on any atom is 0.123 e. The van der Waals surface area contributed by atoms with Crippen LogP contribution in [0.1, 0.15) is 32.3 Å². The first-order valence-electron chi connectivity index (χ1n) is 7.31. The number of hydrogen-bond donors (Lipinski definition) is 1. The Labute approximate surface area is 135 Å². The lowest BCUT2D eigenvalue weighted by Crippen LogP contribution is -2.23. The summed E-state index contributed by atoms with van der Waals surface area (Å²) in [5.74, 6) is 1.40. The fraction of sp³-hybridized carbons (Fsp3) is 0.333. The van der Waals surface area contributed by atoms with Crippen LogP contribution in [0.15, 0.2) is 53.0 Å². The van der Waals surface area contributed by atoms with E-state index < -0.39 is 0 Å². The molecule has 3 heteroatoms. The third-order valence-corrected chi connectivity index (χ3v) is 3.78. The average Bonchev–Trinajstić information content (AvgIpc) is 2.48. The highest BCUT2D eigenvalue weighted by Gasteiger charge is 2.11.